The summed E-state index contributed by atoms with van der Waals surface area (Å²) in [6, 6.07) is 14.7. The number of aliphatic hydroxyl groups is 16. The van der Waals surface area contributed by atoms with E-state index in [1.54, 1.807) is 4.90 Å². The molecule has 0 aromatic heterocycles. The molecule has 38 nitrogen and oxygen atoms in total. The molecule has 6 aliphatic rings. The highest BCUT2D eigenvalue weighted by Gasteiger charge is 2.58. The zero-order valence-electron chi connectivity index (χ0n) is 52.2. The summed E-state index contributed by atoms with van der Waals surface area (Å²) < 4.78 is 80.9. The molecular weight excluding hydrogens is 1300 g/mol. The van der Waals surface area contributed by atoms with Crippen LogP contribution in [0.15, 0.2) is 83.5 Å². The van der Waals surface area contributed by atoms with E-state index in [0.717, 1.165) is 11.1 Å². The van der Waals surface area contributed by atoms with Crippen molar-refractivity contribution in [1.29, 1.82) is 0 Å². The number of nitrogens with zero attached hydrogens (tertiary/aromatic N) is 7. The number of azide groups is 2. The number of hydrogen-bond donors (Lipinski definition) is 16. The van der Waals surface area contributed by atoms with Gasteiger partial charge >= 0.3 is 6.09 Å². The predicted octanol–water partition coefficient (Wildman–Crippen LogP) is -5.22. The summed E-state index contributed by atoms with van der Waals surface area (Å²) in [5.74, 6) is 0. The Morgan fingerprint density at radius 1 is 0.454 bits per heavy atom. The van der Waals surface area contributed by atoms with Crippen molar-refractivity contribution in [2.24, 2.45) is 10.2 Å². The molecule has 30 atom stereocenters. The fourth-order valence-electron chi connectivity index (χ4n) is 12.0. The molecule has 6 fully saturated rings. The van der Waals surface area contributed by atoms with E-state index in [2.05, 4.69) is 26.6 Å². The van der Waals surface area contributed by atoms with Crippen molar-refractivity contribution in [1.82, 2.24) is 4.90 Å². The van der Waals surface area contributed by atoms with Crippen LogP contribution in [-0.2, 0) is 79.5 Å². The zero-order valence-corrected chi connectivity index (χ0v) is 52.2. The fraction of sp³-hybridized carbons (Fsp3) is 0.746. The second-order valence-electron chi connectivity index (χ2n) is 23.6. The Hall–Kier alpha value is -5.09. The summed E-state index contributed by atoms with van der Waals surface area (Å²) in [6.07, 6.45) is -50.0. The molecule has 16 N–H and O–H groups in total. The molecule has 97 heavy (non-hydrogen) atoms. The number of aliphatic hydroxyl groups excluding tert-OH is 16. The summed E-state index contributed by atoms with van der Waals surface area (Å²) in [5.41, 5.74) is 21.1. The minimum Gasteiger partial charge on any atom is -0.445 e. The Labute approximate surface area is 553 Å². The molecule has 38 heteroatoms. The lowest BCUT2D eigenvalue weighted by molar-refractivity contribution is -0.386. The van der Waals surface area contributed by atoms with E-state index in [1.165, 1.54) is 6.08 Å². The topological polar surface area (TPSA) is 571 Å². The SMILES string of the molecule is C=CCO[C@H]1[C@@H](O)[C@@H](CO)O[C@@H](O[C@H]2[C@H](O)[C@@H](N=[N+]=[N-])[C@H](O[C@H]3[C@@H](O)[C@@H](CO)O[C@@H](O[C@H]4[C@H](O)[C@@H](N=[N+]=[N-])[C@H](O[C@H]5[C@@H](O)[C@@H](CO)O[C@@H](O[C@H]6[C@H](O)[C@@H](O)[C@H](OCCCCCN(Cc7ccccc7)C(=O)OCc7ccccc7)O[C@@H]6CO)[C@@H]5O)O[C@@H]4CO)[C@@H]3O)O[C@@H]2CO)[C@@H]1O. The van der Waals surface area contributed by atoms with E-state index in [-0.39, 0.29) is 19.8 Å². The van der Waals surface area contributed by atoms with Crippen LogP contribution < -0.4 is 0 Å². The van der Waals surface area contributed by atoms with E-state index in [4.69, 9.17) is 66.3 Å². The molecule has 544 valence electrons. The van der Waals surface area contributed by atoms with Crippen LogP contribution in [0.3, 0.4) is 0 Å². The Morgan fingerprint density at radius 2 is 0.845 bits per heavy atom. The second-order valence-corrected chi connectivity index (χ2v) is 23.6. The van der Waals surface area contributed by atoms with Gasteiger partial charge in [-0.05, 0) is 41.5 Å². The number of rotatable bonds is 32. The predicted molar refractivity (Wildman–Crippen MR) is 318 cm³/mol. The maximum atomic E-state index is 13.2. The normalized spacial score (nSPS) is 40.0. The Morgan fingerprint density at radius 3 is 1.28 bits per heavy atom. The van der Waals surface area contributed by atoms with Gasteiger partial charge in [-0.1, -0.05) is 77.0 Å². The third-order valence-corrected chi connectivity index (χ3v) is 17.2. The summed E-state index contributed by atoms with van der Waals surface area (Å²) in [5, 5.41) is 184. The first-order chi connectivity index (χ1) is 46.8. The molecule has 2 aromatic rings. The van der Waals surface area contributed by atoms with Crippen molar-refractivity contribution in [2.75, 3.05) is 59.4 Å². The molecule has 6 saturated heterocycles. The number of benzene rings is 2. The van der Waals surface area contributed by atoms with Crippen LogP contribution in [0, 0.1) is 0 Å². The van der Waals surface area contributed by atoms with Gasteiger partial charge in [0.25, 0.3) is 0 Å². The number of ether oxygens (including phenoxy) is 14. The van der Waals surface area contributed by atoms with Crippen LogP contribution in [-0.4, -0.2) is 336 Å². The Bertz CT molecular complexity index is 2790. The lowest BCUT2D eigenvalue weighted by atomic mass is 9.94. The van der Waals surface area contributed by atoms with Gasteiger partial charge in [0, 0.05) is 29.5 Å². The zero-order chi connectivity index (χ0) is 70.0. The van der Waals surface area contributed by atoms with Crippen LogP contribution in [0.5, 0.6) is 0 Å². The average molecular weight is 1390 g/mol. The minimum absolute atomic E-state index is 0.0197. The second kappa shape index (κ2) is 37.5. The van der Waals surface area contributed by atoms with Gasteiger partial charge in [0.05, 0.1) is 58.5 Å². The molecule has 6 heterocycles. The summed E-state index contributed by atoms with van der Waals surface area (Å²) >= 11 is 0. The van der Waals surface area contributed by atoms with Gasteiger partial charge in [-0.3, -0.25) is 0 Å². The van der Waals surface area contributed by atoms with Gasteiger partial charge in [0.15, 0.2) is 37.7 Å². The summed E-state index contributed by atoms with van der Waals surface area (Å²) in [7, 11) is 0. The molecule has 2 aromatic carbocycles. The van der Waals surface area contributed by atoms with Crippen LogP contribution in [0.25, 0.3) is 20.9 Å². The first kappa shape index (κ1) is 77.6. The van der Waals surface area contributed by atoms with Crippen LogP contribution in [0.2, 0.25) is 0 Å². The molecule has 8 rings (SSSR count). The first-order valence-corrected chi connectivity index (χ1v) is 31.4. The van der Waals surface area contributed by atoms with E-state index in [9.17, 15) is 97.6 Å². The highest BCUT2D eigenvalue weighted by molar-refractivity contribution is 5.67. The van der Waals surface area contributed by atoms with Crippen molar-refractivity contribution in [3.63, 3.8) is 0 Å². The molecule has 0 bridgehead atoms. The van der Waals surface area contributed by atoms with Crippen molar-refractivity contribution >= 4 is 6.09 Å². The smallest absolute Gasteiger partial charge is 0.410 e. The van der Waals surface area contributed by atoms with Crippen molar-refractivity contribution < 1.29 is 153 Å². The summed E-state index contributed by atoms with van der Waals surface area (Å²) in [6.45, 7) is -1.80. The number of carbonyl (C=O) groups is 1. The van der Waals surface area contributed by atoms with Gasteiger partial charge in [-0.25, -0.2) is 4.79 Å². The van der Waals surface area contributed by atoms with E-state index in [0.29, 0.717) is 32.4 Å². The van der Waals surface area contributed by atoms with Crippen LogP contribution in [0.4, 0.5) is 4.79 Å². The summed E-state index contributed by atoms with van der Waals surface area (Å²) in [4.78, 5) is 20.3. The average Bonchev–Trinajstić information content (AvgIpc) is 0.776. The van der Waals surface area contributed by atoms with E-state index < -0.39 is 230 Å². The monoisotopic (exact) mass is 1390 g/mol. The lowest BCUT2D eigenvalue weighted by Gasteiger charge is -2.50. The van der Waals surface area contributed by atoms with Gasteiger partial charge < -0.3 is 153 Å². The van der Waals surface area contributed by atoms with Gasteiger partial charge in [0.1, 0.15) is 141 Å². The fourth-order valence-corrected chi connectivity index (χ4v) is 12.0. The standard InChI is InChI=1S/C59H87N7O31/c1-2-17-84-50-37(73)29(20-67)87-56(44(50)80)93-47-32(23-70)90-53(35(40(47)76)62-64-60)96-51-38(74)30(21-68)88-57(45(51)81)94-48-33(24-71)91-54(36(41(48)77)63-65-61)97-52-39(75)31(22-69)89-58(46(52)82)95-49-34(25-72)92-55(43(79)42(49)78)85-18-11-5-10-16-66(19-27-12-6-3-7-13-27)59(83)86-26-28-14-8-4-9-15-28/h2-4,6-9,12-15,29-58,67-82H,1,5,10-11,16-26H2/t29-,30-,31-,32-,33-,34-,35-,36-,37+,38+,39+,40-,41-,42-,43-,44-,45-,46-,47-,48-,49-,50+,51+,52+,53+,54+,55-,56+,57+,58+/m1/s1. The third-order valence-electron chi connectivity index (χ3n) is 17.2. The molecule has 6 aliphatic heterocycles. The van der Waals surface area contributed by atoms with Crippen molar-refractivity contribution in [2.45, 2.75) is 217 Å². The lowest BCUT2D eigenvalue weighted by Crippen LogP contribution is -2.68. The maximum Gasteiger partial charge on any atom is 0.410 e. The van der Waals surface area contributed by atoms with E-state index >= 15 is 0 Å². The molecule has 0 aliphatic carbocycles. The number of amides is 1. The van der Waals surface area contributed by atoms with Gasteiger partial charge in [-0.15, -0.1) is 6.58 Å². The number of unbranched alkanes of at least 4 members (excludes halogenated alkanes) is 2. The van der Waals surface area contributed by atoms with Crippen LogP contribution >= 0.6 is 0 Å². The molecule has 1 amide bonds. The van der Waals surface area contributed by atoms with Gasteiger partial charge in [-0.2, -0.15) is 0 Å². The Kier molecular flexibility index (Phi) is 30.1. The molecular formula is C59H87N7O31. The van der Waals surface area contributed by atoms with Crippen molar-refractivity contribution in [3.05, 3.63) is 105 Å². The van der Waals surface area contributed by atoms with Crippen molar-refractivity contribution in [3.8, 4) is 0 Å². The maximum absolute atomic E-state index is 13.2. The largest absolute Gasteiger partial charge is 0.445 e. The van der Waals surface area contributed by atoms with Crippen LogP contribution in [0.1, 0.15) is 30.4 Å². The highest BCUT2D eigenvalue weighted by Crippen LogP contribution is 2.38. The number of carbonyl (C=O) groups excluding carboxylic acids is 1. The highest BCUT2D eigenvalue weighted by atomic mass is 16.8. The molecule has 0 saturated carbocycles. The van der Waals surface area contributed by atoms with Gasteiger partial charge in [0.2, 0.25) is 0 Å². The minimum atomic E-state index is -2.25. The quantitative estimate of drug-likeness (QED) is 0.0107. The third kappa shape index (κ3) is 18.9. The molecule has 0 unspecified atom stereocenters. The van der Waals surface area contributed by atoms with E-state index in [1.807, 2.05) is 60.7 Å². The first-order valence-electron chi connectivity index (χ1n) is 31.4. The molecule has 0 spiro atoms. The Balaban J connectivity index is 0.884. The number of hydrogen-bond acceptors (Lipinski definition) is 33. The molecule has 0 radical (unpaired) electrons.